The van der Waals surface area contributed by atoms with Gasteiger partial charge in [-0.25, -0.2) is 17.9 Å². The number of carboxylic acids is 1. The van der Waals surface area contributed by atoms with Crippen molar-refractivity contribution in [2.24, 2.45) is 0 Å². The van der Waals surface area contributed by atoms with E-state index in [-0.39, 0.29) is 16.5 Å². The molecule has 8 heteroatoms. The summed E-state index contributed by atoms with van der Waals surface area (Å²) in [5.41, 5.74) is 0.357. The van der Waals surface area contributed by atoms with E-state index in [4.69, 9.17) is 4.74 Å². The first-order valence-corrected chi connectivity index (χ1v) is 10.0. The minimum Gasteiger partial charge on any atom is -0.478 e. The summed E-state index contributed by atoms with van der Waals surface area (Å²) in [5, 5.41) is 12.2. The van der Waals surface area contributed by atoms with Crippen molar-refractivity contribution < 1.29 is 23.1 Å². The van der Waals surface area contributed by atoms with Crippen LogP contribution in [0.25, 0.3) is 0 Å². The summed E-state index contributed by atoms with van der Waals surface area (Å²) in [7, 11) is -2.19. The standard InChI is InChI=1S/C17H26N2O5S/c1-24-11-5-10-18-15-9-8-13(17(20)21)12-16(15)25(22,23)19-14-6-3-2-4-7-14/h8-9,12,14,18-19H,2-7,10-11H2,1H3,(H,20,21). The van der Waals surface area contributed by atoms with Crippen LogP contribution >= 0.6 is 0 Å². The van der Waals surface area contributed by atoms with Crippen LogP contribution in [-0.2, 0) is 14.8 Å². The van der Waals surface area contributed by atoms with Crippen LogP contribution in [0, 0.1) is 0 Å². The fourth-order valence-corrected chi connectivity index (χ4v) is 4.48. The number of benzene rings is 1. The van der Waals surface area contributed by atoms with Gasteiger partial charge in [0, 0.05) is 26.3 Å². The van der Waals surface area contributed by atoms with Crippen LogP contribution in [0.4, 0.5) is 5.69 Å². The Kier molecular flexibility index (Phi) is 7.22. The second-order valence-electron chi connectivity index (χ2n) is 6.25. The van der Waals surface area contributed by atoms with Crippen LogP contribution in [0.1, 0.15) is 48.9 Å². The van der Waals surface area contributed by atoms with Crippen molar-refractivity contribution in [2.45, 2.75) is 49.5 Å². The second kappa shape index (κ2) is 9.17. The molecule has 2 rings (SSSR count). The molecule has 25 heavy (non-hydrogen) atoms. The zero-order valence-electron chi connectivity index (χ0n) is 14.5. The van der Waals surface area contributed by atoms with Gasteiger partial charge in [0.25, 0.3) is 0 Å². The molecule has 0 heterocycles. The maximum absolute atomic E-state index is 12.8. The van der Waals surface area contributed by atoms with Crippen molar-refractivity contribution in [3.8, 4) is 0 Å². The van der Waals surface area contributed by atoms with E-state index in [1.807, 2.05) is 0 Å². The Morgan fingerprint density at radius 1 is 1.28 bits per heavy atom. The topological polar surface area (TPSA) is 105 Å². The van der Waals surface area contributed by atoms with Gasteiger partial charge in [0.1, 0.15) is 4.90 Å². The summed E-state index contributed by atoms with van der Waals surface area (Å²) in [6.07, 6.45) is 5.48. The van der Waals surface area contributed by atoms with Crippen molar-refractivity contribution in [2.75, 3.05) is 25.6 Å². The summed E-state index contributed by atoms with van der Waals surface area (Å²) in [6, 6.07) is 4.03. The number of carboxylic acid groups (broad SMARTS) is 1. The first kappa shape index (κ1) is 19.7. The van der Waals surface area contributed by atoms with Crippen molar-refractivity contribution in [1.82, 2.24) is 4.72 Å². The number of rotatable bonds is 9. The predicted octanol–water partition coefficient (Wildman–Crippen LogP) is 2.44. The number of ether oxygens (including phenoxy) is 1. The van der Waals surface area contributed by atoms with Gasteiger partial charge in [-0.1, -0.05) is 19.3 Å². The number of methoxy groups -OCH3 is 1. The van der Waals surface area contributed by atoms with Crippen LogP contribution in [0.3, 0.4) is 0 Å². The van der Waals surface area contributed by atoms with Crippen LogP contribution in [0.5, 0.6) is 0 Å². The van der Waals surface area contributed by atoms with Gasteiger partial charge in [-0.15, -0.1) is 0 Å². The largest absolute Gasteiger partial charge is 0.478 e. The van der Waals surface area contributed by atoms with E-state index in [1.165, 1.54) is 18.2 Å². The Bertz CT molecular complexity index is 684. The molecule has 0 aliphatic heterocycles. The number of hydrogen-bond acceptors (Lipinski definition) is 5. The number of nitrogens with one attached hydrogen (secondary N) is 2. The summed E-state index contributed by atoms with van der Waals surface area (Å²) in [6.45, 7) is 1.09. The molecular formula is C17H26N2O5S. The van der Waals surface area contributed by atoms with Crippen LogP contribution in [-0.4, -0.2) is 45.8 Å². The lowest BCUT2D eigenvalue weighted by atomic mass is 9.96. The highest BCUT2D eigenvalue weighted by atomic mass is 32.2. The minimum absolute atomic E-state index is 0.0182. The molecule has 0 amide bonds. The van der Waals surface area contributed by atoms with Gasteiger partial charge in [0.05, 0.1) is 11.3 Å². The summed E-state index contributed by atoms with van der Waals surface area (Å²) in [4.78, 5) is 11.2. The van der Waals surface area contributed by atoms with E-state index >= 15 is 0 Å². The van der Waals surface area contributed by atoms with Crippen molar-refractivity contribution >= 4 is 21.7 Å². The number of carbonyl (C=O) groups is 1. The molecule has 0 atom stereocenters. The summed E-state index contributed by atoms with van der Waals surface area (Å²) >= 11 is 0. The molecular weight excluding hydrogens is 344 g/mol. The number of anilines is 1. The molecule has 1 aliphatic carbocycles. The van der Waals surface area contributed by atoms with Gasteiger partial charge >= 0.3 is 5.97 Å². The number of sulfonamides is 1. The second-order valence-corrected chi connectivity index (χ2v) is 7.93. The number of hydrogen-bond donors (Lipinski definition) is 3. The lowest BCUT2D eigenvalue weighted by Gasteiger charge is -2.23. The highest BCUT2D eigenvalue weighted by Crippen LogP contribution is 2.25. The molecule has 1 aromatic rings. The van der Waals surface area contributed by atoms with E-state index in [9.17, 15) is 18.3 Å². The quantitative estimate of drug-likeness (QED) is 0.577. The molecule has 1 saturated carbocycles. The van der Waals surface area contributed by atoms with E-state index < -0.39 is 16.0 Å². The Balaban J connectivity index is 2.23. The van der Waals surface area contributed by atoms with Gasteiger partial charge in [0.2, 0.25) is 10.0 Å². The average molecular weight is 370 g/mol. The van der Waals surface area contributed by atoms with Gasteiger partial charge in [-0.2, -0.15) is 0 Å². The normalized spacial score (nSPS) is 15.9. The molecule has 1 fully saturated rings. The first-order chi connectivity index (χ1) is 11.9. The smallest absolute Gasteiger partial charge is 0.335 e. The van der Waals surface area contributed by atoms with Crippen molar-refractivity contribution in [3.63, 3.8) is 0 Å². The summed E-state index contributed by atoms with van der Waals surface area (Å²) < 4.78 is 33.3. The van der Waals surface area contributed by atoms with Gasteiger partial charge in [-0.3, -0.25) is 0 Å². The van der Waals surface area contributed by atoms with Crippen LogP contribution < -0.4 is 10.0 Å². The fraction of sp³-hybridized carbons (Fsp3) is 0.588. The third-order valence-electron chi connectivity index (χ3n) is 4.29. The predicted molar refractivity (Wildman–Crippen MR) is 95.6 cm³/mol. The van der Waals surface area contributed by atoms with Gasteiger partial charge < -0.3 is 15.2 Å². The molecule has 7 nitrogen and oxygen atoms in total. The average Bonchev–Trinajstić information content (AvgIpc) is 2.59. The zero-order chi connectivity index (χ0) is 18.3. The molecule has 140 valence electrons. The molecule has 0 radical (unpaired) electrons. The molecule has 0 aromatic heterocycles. The third-order valence-corrected chi connectivity index (χ3v) is 5.85. The highest BCUT2D eigenvalue weighted by Gasteiger charge is 2.25. The number of aromatic carboxylic acids is 1. The maximum atomic E-state index is 12.8. The molecule has 0 unspecified atom stereocenters. The molecule has 1 aliphatic rings. The first-order valence-electron chi connectivity index (χ1n) is 8.56. The van der Waals surface area contributed by atoms with E-state index in [1.54, 1.807) is 7.11 Å². The molecule has 1 aromatic carbocycles. The molecule has 3 N–H and O–H groups in total. The Hall–Kier alpha value is -1.64. The van der Waals surface area contributed by atoms with E-state index in [0.29, 0.717) is 25.3 Å². The molecule has 0 spiro atoms. The zero-order valence-corrected chi connectivity index (χ0v) is 15.3. The Morgan fingerprint density at radius 3 is 2.64 bits per heavy atom. The van der Waals surface area contributed by atoms with Crippen LogP contribution in [0.2, 0.25) is 0 Å². The van der Waals surface area contributed by atoms with Crippen molar-refractivity contribution in [1.29, 1.82) is 0 Å². The monoisotopic (exact) mass is 370 g/mol. The van der Waals surface area contributed by atoms with Gasteiger partial charge in [-0.05, 0) is 37.5 Å². The lowest BCUT2D eigenvalue weighted by Crippen LogP contribution is -2.36. The Morgan fingerprint density at radius 2 is 2.00 bits per heavy atom. The Labute approximate surface area is 148 Å². The fourth-order valence-electron chi connectivity index (χ4n) is 2.97. The lowest BCUT2D eigenvalue weighted by molar-refractivity contribution is 0.0696. The molecule has 0 bridgehead atoms. The maximum Gasteiger partial charge on any atom is 0.335 e. The van der Waals surface area contributed by atoms with E-state index in [0.717, 1.165) is 32.1 Å². The summed E-state index contributed by atoms with van der Waals surface area (Å²) in [5.74, 6) is -1.15. The van der Waals surface area contributed by atoms with E-state index in [2.05, 4.69) is 10.0 Å². The van der Waals surface area contributed by atoms with Gasteiger partial charge in [0.15, 0.2) is 0 Å². The van der Waals surface area contributed by atoms with Crippen LogP contribution in [0.15, 0.2) is 23.1 Å². The van der Waals surface area contributed by atoms with Crippen molar-refractivity contribution in [3.05, 3.63) is 23.8 Å². The minimum atomic E-state index is -3.80. The molecule has 0 saturated heterocycles. The third kappa shape index (κ3) is 5.69. The SMILES string of the molecule is COCCCNc1ccc(C(=O)O)cc1S(=O)(=O)NC1CCCCC1. The highest BCUT2D eigenvalue weighted by molar-refractivity contribution is 7.89.